The van der Waals surface area contributed by atoms with Crippen molar-refractivity contribution in [3.05, 3.63) is 60.2 Å². The lowest BCUT2D eigenvalue weighted by Crippen LogP contribution is -2.61. The Balaban J connectivity index is 1.78. The highest BCUT2D eigenvalue weighted by atomic mass is 35.5. The molecule has 22 N–H and O–H groups in total. The largest absolute Gasteiger partial charge is 0.394 e. The molecular formula is C69H125ClO24. The van der Waals surface area contributed by atoms with Crippen LogP contribution in [0.2, 0.25) is 0 Å². The quantitative estimate of drug-likeness (QED) is 0.0233. The molecule has 0 aromatic heterocycles. The molecule has 2 heterocycles. The zero-order chi connectivity index (χ0) is 70.6. The fraction of sp³-hybridized carbons (Fsp3) is 0.855. The van der Waals surface area contributed by atoms with E-state index in [1.54, 1.807) is 45.1 Å². The summed E-state index contributed by atoms with van der Waals surface area (Å²) in [6.45, 7) is 8.35. The van der Waals surface area contributed by atoms with E-state index < -0.39 is 177 Å². The Labute approximate surface area is 562 Å². The molecular weight excluding hydrogens is 1250 g/mol. The molecule has 0 unspecified atom stereocenters. The zero-order valence-corrected chi connectivity index (χ0v) is 56.6. The van der Waals surface area contributed by atoms with Gasteiger partial charge in [0.1, 0.15) is 67.1 Å². The van der Waals surface area contributed by atoms with Gasteiger partial charge in [0.05, 0.1) is 92.1 Å². The van der Waals surface area contributed by atoms with Crippen molar-refractivity contribution in [3.8, 4) is 0 Å². The number of aliphatic hydroxyl groups is 22. The van der Waals surface area contributed by atoms with Crippen LogP contribution in [0.3, 0.4) is 0 Å². The minimum Gasteiger partial charge on any atom is -0.394 e. The van der Waals surface area contributed by atoms with Gasteiger partial charge < -0.3 is 122 Å². The van der Waals surface area contributed by atoms with E-state index in [0.717, 1.165) is 44.9 Å². The number of allylic oxidation sites excluding steroid dienone is 4. The van der Waals surface area contributed by atoms with Crippen LogP contribution in [0.1, 0.15) is 194 Å². The average molecular weight is 1370 g/mol. The lowest BCUT2D eigenvalue weighted by Gasteiger charge is -2.43. The first-order valence-electron chi connectivity index (χ1n) is 34.6. The minimum absolute atomic E-state index is 0.0250. The van der Waals surface area contributed by atoms with Gasteiger partial charge in [0.15, 0.2) is 0 Å². The maximum Gasteiger partial charge on any atom is 0.115 e. The van der Waals surface area contributed by atoms with Crippen molar-refractivity contribution < 1.29 is 122 Å². The maximum absolute atomic E-state index is 11.2. The van der Waals surface area contributed by atoms with Crippen LogP contribution in [0.15, 0.2) is 60.2 Å². The smallest absolute Gasteiger partial charge is 0.115 e. The van der Waals surface area contributed by atoms with E-state index >= 15 is 0 Å². The van der Waals surface area contributed by atoms with Gasteiger partial charge >= 0.3 is 0 Å². The van der Waals surface area contributed by atoms with Crippen LogP contribution in [-0.4, -0.2) is 272 Å². The Morgan fingerprint density at radius 3 is 1.68 bits per heavy atom. The second kappa shape index (κ2) is 48.7. The molecule has 0 spiro atoms. The number of aliphatic hydroxyl groups excluding tert-OH is 22. The lowest BCUT2D eigenvalue weighted by atomic mass is 9.85. The SMILES string of the molecule is C=C(CC[C@@H](O)[C@H]1O[C@@H](C[C@@H](O)[C@@H](O)[C@H](C)CCC[C@H](O)[C@H](O)[C@H](O)[C@H](C)CC[C@H](O)[C@H](O)[C@H](C)C[C@H](O)CCC[C@H](O)CCC[C@@H](O)/C=C\C[C@H](O)CO)[C@H](O)[C@@H](O)[C@@H]1O)[C@H](O)[C@H](O)[C@H]1C[C@@H](O)[C@H](O)[C@@H]([C@H](O)[C@@H](O)/C=C\CCCCCCCCCC/C=C\C=C\Cl)O1. The van der Waals surface area contributed by atoms with Crippen LogP contribution in [0, 0.1) is 17.8 Å². The van der Waals surface area contributed by atoms with E-state index in [4.69, 9.17) is 26.2 Å². The molecule has 0 aromatic carbocycles. The summed E-state index contributed by atoms with van der Waals surface area (Å²) < 4.78 is 11.6. The van der Waals surface area contributed by atoms with Crippen molar-refractivity contribution in [3.63, 3.8) is 0 Å². The highest BCUT2D eigenvalue weighted by Gasteiger charge is 2.49. The average Bonchev–Trinajstić information content (AvgIpc) is 0.830. The first kappa shape index (κ1) is 88.1. The molecule has 94 heavy (non-hydrogen) atoms. The monoisotopic (exact) mass is 1370 g/mol. The van der Waals surface area contributed by atoms with Crippen molar-refractivity contribution in [1.82, 2.24) is 0 Å². The summed E-state index contributed by atoms with van der Waals surface area (Å²) in [5.74, 6) is -1.79. The first-order valence-corrected chi connectivity index (χ1v) is 35.1. The predicted octanol–water partition coefficient (Wildman–Crippen LogP) is 1.51. The fourth-order valence-electron chi connectivity index (χ4n) is 12.4. The van der Waals surface area contributed by atoms with Gasteiger partial charge in [0.25, 0.3) is 0 Å². The standard InChI is InChI=1S/C69H125ClO24/c1-41(23-19-31-49(76)61(86)59(84)42(2)32-34-51(78)58(83)44(4)37-47(74)28-21-26-45(72)24-20-25-46(73)27-22-29-48(75)40-71)57(82)53(80)38-56-65(90)66(91)67(92)68(93-56)52(79)35-33-43(3)60(85)64(89)55-39-54(81)63(88)69(94-55)62(87)50(77)30-17-15-13-11-9-7-5-6-8-10-12-14-16-18-36-70/h14,16-18,22,27,30,36,41-42,44-69,71-92H,3,5-13,15,19-21,23-26,28-29,31-35,37-40H2,1-2,4H3/b16-14-,27-22-,30-17-,36-18+/t41-,42-,44-,45-,46-,47-,48+,49+,50+,51+,52-,53-,54-,55-,56+,57+,58-,59-,60+,61+,62-,63+,64-,65+,66-,67+,68-,69-/m1/s1. The normalized spacial score (nSPS) is 27.9. The number of ether oxygens (including phenoxy) is 2. The van der Waals surface area contributed by atoms with E-state index in [0.29, 0.717) is 44.9 Å². The van der Waals surface area contributed by atoms with Crippen LogP contribution in [0.25, 0.3) is 0 Å². The van der Waals surface area contributed by atoms with Gasteiger partial charge in [-0.2, -0.15) is 0 Å². The van der Waals surface area contributed by atoms with Gasteiger partial charge in [-0.3, -0.25) is 0 Å². The summed E-state index contributed by atoms with van der Waals surface area (Å²) >= 11 is 5.50. The summed E-state index contributed by atoms with van der Waals surface area (Å²) in [7, 11) is 0. The minimum atomic E-state index is -1.87. The summed E-state index contributed by atoms with van der Waals surface area (Å²) in [6.07, 6.45) is -11.1. The molecule has 0 bridgehead atoms. The van der Waals surface area contributed by atoms with Gasteiger partial charge in [-0.15, -0.1) is 0 Å². The molecule has 0 saturated carbocycles. The topological polar surface area (TPSA) is 464 Å². The van der Waals surface area contributed by atoms with E-state index in [9.17, 15) is 107 Å². The third-order valence-electron chi connectivity index (χ3n) is 18.9. The first-order chi connectivity index (χ1) is 44.5. The molecule has 28 atom stereocenters. The second-order valence-corrected chi connectivity index (χ2v) is 27.4. The van der Waals surface area contributed by atoms with E-state index in [-0.39, 0.29) is 76.4 Å². The maximum atomic E-state index is 11.2. The fourth-order valence-corrected chi connectivity index (χ4v) is 12.5. The van der Waals surface area contributed by atoms with Crippen LogP contribution >= 0.6 is 11.6 Å². The number of hydrogen-bond acceptors (Lipinski definition) is 24. The Kier molecular flexibility index (Phi) is 45.7. The second-order valence-electron chi connectivity index (χ2n) is 27.1. The van der Waals surface area contributed by atoms with Crippen molar-refractivity contribution in [1.29, 1.82) is 0 Å². The number of hydrogen-bond donors (Lipinski definition) is 22. The molecule has 552 valence electrons. The van der Waals surface area contributed by atoms with E-state index in [2.05, 4.69) is 12.7 Å². The highest BCUT2D eigenvalue weighted by Crippen LogP contribution is 2.33. The third kappa shape index (κ3) is 33.0. The van der Waals surface area contributed by atoms with Crippen molar-refractivity contribution in [2.45, 2.75) is 347 Å². The number of unbranched alkanes of at least 4 members (excludes halogenated alkanes) is 9. The zero-order valence-electron chi connectivity index (χ0n) is 55.8. The third-order valence-corrected chi connectivity index (χ3v) is 19.1. The lowest BCUT2D eigenvalue weighted by molar-refractivity contribution is -0.250. The summed E-state index contributed by atoms with van der Waals surface area (Å²) in [5, 5.41) is 235. The summed E-state index contributed by atoms with van der Waals surface area (Å²) in [6, 6.07) is 0. The van der Waals surface area contributed by atoms with Crippen LogP contribution < -0.4 is 0 Å². The van der Waals surface area contributed by atoms with Crippen LogP contribution in [-0.2, 0) is 9.47 Å². The molecule has 0 amide bonds. The molecule has 2 aliphatic rings. The Bertz CT molecular complexity index is 2060. The molecule has 0 radical (unpaired) electrons. The molecule has 2 fully saturated rings. The predicted molar refractivity (Wildman–Crippen MR) is 354 cm³/mol. The molecule has 24 nitrogen and oxygen atoms in total. The summed E-state index contributed by atoms with van der Waals surface area (Å²) in [5.41, 5.74) is 1.43. The number of halogens is 1. The van der Waals surface area contributed by atoms with Gasteiger partial charge in [-0.1, -0.05) is 126 Å². The Hall–Kier alpha value is -1.97. The van der Waals surface area contributed by atoms with Gasteiger partial charge in [0.2, 0.25) is 0 Å². The molecule has 0 aliphatic carbocycles. The van der Waals surface area contributed by atoms with E-state index in [1.165, 1.54) is 24.5 Å². The Morgan fingerprint density at radius 1 is 0.489 bits per heavy atom. The highest BCUT2D eigenvalue weighted by molar-refractivity contribution is 6.25. The van der Waals surface area contributed by atoms with Crippen molar-refractivity contribution >= 4 is 11.6 Å². The summed E-state index contributed by atoms with van der Waals surface area (Å²) in [4.78, 5) is 0. The molecule has 2 saturated heterocycles. The van der Waals surface area contributed by atoms with Crippen LogP contribution in [0.5, 0.6) is 0 Å². The molecule has 25 heteroatoms. The van der Waals surface area contributed by atoms with Gasteiger partial charge in [-0.05, 0) is 139 Å². The molecule has 2 aliphatic heterocycles. The van der Waals surface area contributed by atoms with Crippen molar-refractivity contribution in [2.24, 2.45) is 17.8 Å². The van der Waals surface area contributed by atoms with Gasteiger partial charge in [-0.25, -0.2) is 0 Å². The van der Waals surface area contributed by atoms with E-state index in [1.807, 2.05) is 6.08 Å². The molecule has 0 aromatic rings. The number of rotatable bonds is 52. The Morgan fingerprint density at radius 2 is 1.05 bits per heavy atom. The van der Waals surface area contributed by atoms with Crippen molar-refractivity contribution in [2.75, 3.05) is 6.61 Å². The molecule has 2 rings (SSSR count). The van der Waals surface area contributed by atoms with Crippen LogP contribution in [0.4, 0.5) is 0 Å². The van der Waals surface area contributed by atoms with Gasteiger partial charge in [0, 0.05) is 18.4 Å².